The van der Waals surface area contributed by atoms with Gasteiger partial charge in [0.25, 0.3) is 0 Å². The molecule has 1 aliphatic heterocycles. The van der Waals surface area contributed by atoms with E-state index in [-0.39, 0.29) is 6.04 Å². The van der Waals surface area contributed by atoms with Crippen molar-refractivity contribution in [2.24, 2.45) is 11.7 Å². The zero-order chi connectivity index (χ0) is 11.1. The number of nitrogens with two attached hydrogens (primary N) is 1. The second-order valence-corrected chi connectivity index (χ2v) is 5.37. The lowest BCUT2D eigenvalue weighted by atomic mass is 10.1. The van der Waals surface area contributed by atoms with Crippen LogP contribution in [0.5, 0.6) is 0 Å². The number of hydrogen-bond donors (Lipinski definition) is 1. The number of benzene rings is 1. The van der Waals surface area contributed by atoms with E-state index < -0.39 is 0 Å². The van der Waals surface area contributed by atoms with E-state index in [0.29, 0.717) is 0 Å². The Kier molecular flexibility index (Phi) is 2.40. The Bertz CT molecular complexity index is 369. The molecule has 1 heterocycles. The monoisotopic (exact) mass is 216 g/mol. The first-order valence-electron chi connectivity index (χ1n) is 6.36. The van der Waals surface area contributed by atoms with E-state index in [9.17, 15) is 0 Å². The van der Waals surface area contributed by atoms with Crippen molar-refractivity contribution in [3.63, 3.8) is 0 Å². The van der Waals surface area contributed by atoms with Crippen molar-refractivity contribution in [3.05, 3.63) is 29.8 Å². The van der Waals surface area contributed by atoms with Crippen LogP contribution in [0.3, 0.4) is 0 Å². The summed E-state index contributed by atoms with van der Waals surface area (Å²) in [5, 5.41) is 0. The smallest absolute Gasteiger partial charge is 0.0369 e. The van der Waals surface area contributed by atoms with Gasteiger partial charge in [-0.15, -0.1) is 0 Å². The van der Waals surface area contributed by atoms with Crippen LogP contribution in [0.25, 0.3) is 0 Å². The number of hydrogen-bond acceptors (Lipinski definition) is 2. The third-order valence-corrected chi connectivity index (χ3v) is 4.16. The molecule has 3 rings (SSSR count). The van der Waals surface area contributed by atoms with Gasteiger partial charge in [-0.25, -0.2) is 0 Å². The standard InChI is InChI=1S/C14H20N2/c1-10(15)12-3-6-13(7-4-12)16-9-11-2-5-14(16)8-11/h3-4,6-7,10-11,14H,2,5,8-9,15H2,1H3/t10-,11?,14?/m1/s1. The summed E-state index contributed by atoms with van der Waals surface area (Å²) in [5.74, 6) is 0.957. The molecule has 0 radical (unpaired) electrons. The van der Waals surface area contributed by atoms with Crippen molar-refractivity contribution in [3.8, 4) is 0 Å². The lowest BCUT2D eigenvalue weighted by molar-refractivity contribution is 0.553. The molecule has 1 aromatic rings. The predicted octanol–water partition coefficient (Wildman–Crippen LogP) is 2.70. The minimum atomic E-state index is 0.143. The average Bonchev–Trinajstić information content (AvgIpc) is 2.91. The van der Waals surface area contributed by atoms with Gasteiger partial charge < -0.3 is 10.6 Å². The van der Waals surface area contributed by atoms with Crippen molar-refractivity contribution < 1.29 is 0 Å². The highest BCUT2D eigenvalue weighted by molar-refractivity contribution is 5.50. The SMILES string of the molecule is C[C@@H](N)c1ccc(N2CC3CCC2C3)cc1. The molecule has 2 N–H and O–H groups in total. The Morgan fingerprint density at radius 1 is 1.25 bits per heavy atom. The van der Waals surface area contributed by atoms with Crippen LogP contribution < -0.4 is 10.6 Å². The summed E-state index contributed by atoms with van der Waals surface area (Å²) in [6.07, 6.45) is 4.24. The van der Waals surface area contributed by atoms with Crippen molar-refractivity contribution in [2.75, 3.05) is 11.4 Å². The van der Waals surface area contributed by atoms with Crippen molar-refractivity contribution in [1.82, 2.24) is 0 Å². The maximum atomic E-state index is 5.86. The Balaban J connectivity index is 1.80. The van der Waals surface area contributed by atoms with Crippen LogP contribution in [-0.4, -0.2) is 12.6 Å². The van der Waals surface area contributed by atoms with Gasteiger partial charge in [0.05, 0.1) is 0 Å². The van der Waals surface area contributed by atoms with Gasteiger partial charge in [-0.2, -0.15) is 0 Å². The molecule has 2 unspecified atom stereocenters. The van der Waals surface area contributed by atoms with Gasteiger partial charge in [-0.1, -0.05) is 12.1 Å². The van der Waals surface area contributed by atoms with Crippen LogP contribution >= 0.6 is 0 Å². The molecule has 0 amide bonds. The molecule has 1 saturated heterocycles. The largest absolute Gasteiger partial charge is 0.368 e. The molecule has 86 valence electrons. The van der Waals surface area contributed by atoms with E-state index in [2.05, 4.69) is 29.2 Å². The number of nitrogens with zero attached hydrogens (tertiary/aromatic N) is 1. The molecule has 16 heavy (non-hydrogen) atoms. The molecule has 3 atom stereocenters. The van der Waals surface area contributed by atoms with Crippen LogP contribution in [0.15, 0.2) is 24.3 Å². The van der Waals surface area contributed by atoms with Crippen molar-refractivity contribution in [2.45, 2.75) is 38.3 Å². The Morgan fingerprint density at radius 2 is 2.00 bits per heavy atom. The van der Waals surface area contributed by atoms with E-state index in [0.717, 1.165) is 12.0 Å². The fraction of sp³-hybridized carbons (Fsp3) is 0.571. The summed E-state index contributed by atoms with van der Waals surface area (Å²) in [4.78, 5) is 2.58. The third kappa shape index (κ3) is 1.61. The summed E-state index contributed by atoms with van der Waals surface area (Å²) < 4.78 is 0. The van der Waals surface area contributed by atoms with E-state index in [1.54, 1.807) is 0 Å². The van der Waals surface area contributed by atoms with Crippen LogP contribution in [0.4, 0.5) is 5.69 Å². The summed E-state index contributed by atoms with van der Waals surface area (Å²) in [6, 6.07) is 9.77. The number of piperidine rings is 1. The molecule has 0 aromatic heterocycles. The molecule has 2 heteroatoms. The van der Waals surface area contributed by atoms with Gasteiger partial charge in [0.15, 0.2) is 0 Å². The highest BCUT2D eigenvalue weighted by atomic mass is 15.2. The summed E-state index contributed by atoms with van der Waals surface area (Å²) in [5.41, 5.74) is 8.48. The zero-order valence-corrected chi connectivity index (χ0v) is 9.89. The first-order valence-corrected chi connectivity index (χ1v) is 6.36. The topological polar surface area (TPSA) is 29.3 Å². The van der Waals surface area contributed by atoms with Gasteiger partial charge in [-0.05, 0) is 49.8 Å². The first kappa shape index (κ1) is 10.2. The molecule has 2 nitrogen and oxygen atoms in total. The lowest BCUT2D eigenvalue weighted by Crippen LogP contribution is -2.31. The highest BCUT2D eigenvalue weighted by Crippen LogP contribution is 2.40. The number of anilines is 1. The summed E-state index contributed by atoms with van der Waals surface area (Å²) in [6.45, 7) is 3.30. The second-order valence-electron chi connectivity index (χ2n) is 5.37. The normalized spacial score (nSPS) is 29.8. The Morgan fingerprint density at radius 3 is 2.50 bits per heavy atom. The average molecular weight is 216 g/mol. The summed E-state index contributed by atoms with van der Waals surface area (Å²) >= 11 is 0. The summed E-state index contributed by atoms with van der Waals surface area (Å²) in [7, 11) is 0. The molecular weight excluding hydrogens is 196 g/mol. The van der Waals surface area contributed by atoms with Gasteiger partial charge in [0.2, 0.25) is 0 Å². The van der Waals surface area contributed by atoms with E-state index in [4.69, 9.17) is 5.73 Å². The second kappa shape index (κ2) is 3.77. The van der Waals surface area contributed by atoms with Crippen molar-refractivity contribution >= 4 is 5.69 Å². The lowest BCUT2D eigenvalue weighted by Gasteiger charge is -2.29. The van der Waals surface area contributed by atoms with Crippen LogP contribution in [0.2, 0.25) is 0 Å². The molecular formula is C14H20N2. The molecule has 0 spiro atoms. The van der Waals surface area contributed by atoms with Crippen molar-refractivity contribution in [1.29, 1.82) is 0 Å². The fourth-order valence-electron chi connectivity index (χ4n) is 3.21. The first-order chi connectivity index (χ1) is 7.74. The predicted molar refractivity (Wildman–Crippen MR) is 67.5 cm³/mol. The molecule has 2 bridgehead atoms. The van der Waals surface area contributed by atoms with Crippen LogP contribution in [-0.2, 0) is 0 Å². The van der Waals surface area contributed by atoms with Gasteiger partial charge in [0.1, 0.15) is 0 Å². The fourth-order valence-corrected chi connectivity index (χ4v) is 3.21. The maximum Gasteiger partial charge on any atom is 0.0369 e. The number of fused-ring (bicyclic) bond motifs is 2. The van der Waals surface area contributed by atoms with E-state index in [1.165, 1.54) is 37.1 Å². The highest BCUT2D eigenvalue weighted by Gasteiger charge is 2.37. The van der Waals surface area contributed by atoms with Gasteiger partial charge in [0, 0.05) is 24.3 Å². The minimum absolute atomic E-state index is 0.143. The molecule has 2 fully saturated rings. The van der Waals surface area contributed by atoms with Crippen LogP contribution in [0, 0.1) is 5.92 Å². The Labute approximate surface area is 97.4 Å². The van der Waals surface area contributed by atoms with Crippen LogP contribution in [0.1, 0.15) is 37.8 Å². The molecule has 1 aliphatic carbocycles. The molecule has 1 aromatic carbocycles. The molecule has 2 aliphatic rings. The van der Waals surface area contributed by atoms with E-state index >= 15 is 0 Å². The van der Waals surface area contributed by atoms with Gasteiger partial charge >= 0.3 is 0 Å². The number of rotatable bonds is 2. The molecule has 1 saturated carbocycles. The quantitative estimate of drug-likeness (QED) is 0.823. The van der Waals surface area contributed by atoms with E-state index in [1.807, 2.05) is 6.92 Å². The van der Waals surface area contributed by atoms with Gasteiger partial charge in [-0.3, -0.25) is 0 Å². The Hall–Kier alpha value is -1.02. The third-order valence-electron chi connectivity index (χ3n) is 4.16. The maximum absolute atomic E-state index is 5.86. The zero-order valence-electron chi connectivity index (χ0n) is 9.89. The minimum Gasteiger partial charge on any atom is -0.368 e.